The molecule has 0 saturated heterocycles. The van der Waals surface area contributed by atoms with Crippen molar-refractivity contribution in [2.45, 2.75) is 6.42 Å². The van der Waals surface area contributed by atoms with Crippen LogP contribution in [0, 0.1) is 13.8 Å². The van der Waals surface area contributed by atoms with Crippen LogP contribution in [0.1, 0.15) is 6.42 Å². The molecule has 0 nitrogen and oxygen atoms in total. The summed E-state index contributed by atoms with van der Waals surface area (Å²) in [5, 5.41) is 0. The van der Waals surface area contributed by atoms with Crippen LogP contribution in [0.3, 0.4) is 0 Å². The normalized spacial score (nSPS) is 2.57. The Hall–Kier alpha value is 2.49. The van der Waals surface area contributed by atoms with E-state index in [1.807, 2.05) is 0 Å². The zero-order valence-electron chi connectivity index (χ0n) is 4.29. The third kappa shape index (κ3) is 57.6. The van der Waals surface area contributed by atoms with Gasteiger partial charge in [-0.05, 0) is 0 Å². The molecule has 7 heavy (non-hydrogen) atoms. The minimum Gasteiger partial charge on any atom is -1.00 e. The molecule has 0 aromatic carbocycles. The fourth-order valence-electron chi connectivity index (χ4n) is 0. The summed E-state index contributed by atoms with van der Waals surface area (Å²) in [5.74, 6) is 0. The second-order valence-corrected chi connectivity index (χ2v) is 0.354. The van der Waals surface area contributed by atoms with Gasteiger partial charge in [-0.2, -0.15) is 0 Å². The summed E-state index contributed by atoms with van der Waals surface area (Å²) >= 11 is 0. The van der Waals surface area contributed by atoms with Crippen LogP contribution in [0.4, 0.5) is 0 Å². The van der Waals surface area contributed by atoms with E-state index in [9.17, 15) is 0 Å². The molecule has 0 aliphatic carbocycles. The Morgan fingerprint density at radius 3 is 0.857 bits per heavy atom. The van der Waals surface area contributed by atoms with Crippen molar-refractivity contribution in [3.05, 3.63) is 13.8 Å². The number of halogens is 2. The molecule has 0 heterocycles. The van der Waals surface area contributed by atoms with E-state index in [0.717, 1.165) is 6.42 Å². The zero-order valence-corrected chi connectivity index (χ0v) is 10.3. The third-order valence-corrected chi connectivity index (χ3v) is 0. The average molecular weight is 250 g/mol. The summed E-state index contributed by atoms with van der Waals surface area (Å²) in [7, 11) is 0. The first-order chi connectivity index (χ1) is 1.41. The van der Waals surface area contributed by atoms with E-state index in [4.69, 9.17) is 0 Å². The summed E-state index contributed by atoms with van der Waals surface area (Å²) in [4.78, 5) is 0. The molecule has 0 aliphatic rings. The van der Waals surface area contributed by atoms with Crippen molar-refractivity contribution in [1.29, 1.82) is 0 Å². The van der Waals surface area contributed by atoms with Gasteiger partial charge in [0.1, 0.15) is 0 Å². The monoisotopic (exact) mass is 248 g/mol. The first-order valence-electron chi connectivity index (χ1n) is 1.000. The molecule has 36 valence electrons. The Bertz CT molecular complexity index is 10.9. The topological polar surface area (TPSA) is 0 Å². The van der Waals surface area contributed by atoms with Gasteiger partial charge in [0.25, 0.3) is 0 Å². The molecule has 0 unspecified atom stereocenters. The third-order valence-electron chi connectivity index (χ3n) is 0. The van der Waals surface area contributed by atoms with Gasteiger partial charge in [0.2, 0.25) is 0 Å². The molecular weight excluding hydrogens is 244 g/mol. The van der Waals surface area contributed by atoms with Gasteiger partial charge in [0.05, 0.1) is 0 Å². The van der Waals surface area contributed by atoms with Crippen molar-refractivity contribution < 1.29 is 34.0 Å². The molecule has 0 N–H and O–H groups in total. The number of rotatable bonds is 0. The van der Waals surface area contributed by atoms with E-state index in [2.05, 4.69) is 13.8 Å². The fraction of sp³-hybridized carbons (Fsp3) is 0.333. The maximum Gasteiger partial charge on any atom is 2.00 e. The summed E-state index contributed by atoms with van der Waals surface area (Å²) in [6, 6.07) is 0. The quantitative estimate of drug-likeness (QED) is 0.297. The van der Waals surface area contributed by atoms with Gasteiger partial charge in [-0.3, -0.25) is 0 Å². The zero-order chi connectivity index (χ0) is 2.71. The molecule has 0 aromatic heterocycles. The van der Waals surface area contributed by atoms with E-state index in [1.54, 1.807) is 0 Å². The van der Waals surface area contributed by atoms with Crippen molar-refractivity contribution in [2.24, 2.45) is 0 Å². The van der Waals surface area contributed by atoms with Crippen LogP contribution in [-0.4, -0.2) is 46.1 Å². The van der Waals surface area contributed by atoms with Crippen molar-refractivity contribution in [3.63, 3.8) is 0 Å². The van der Waals surface area contributed by atoms with Crippen LogP contribution in [0.15, 0.2) is 0 Å². The molecule has 0 aliphatic heterocycles. The molecule has 0 radical (unpaired) electrons. The van der Waals surface area contributed by atoms with Crippen molar-refractivity contribution >= 4 is 46.1 Å². The molecule has 0 rings (SSSR count). The second-order valence-electron chi connectivity index (χ2n) is 0.354. The van der Waals surface area contributed by atoms with Gasteiger partial charge in [0.15, 0.2) is 0 Å². The Labute approximate surface area is 99.0 Å². The largest absolute Gasteiger partial charge is 2.00 e. The standard InChI is InChI=1S/C3H6.2BrH.2Mg/c1-3-2;;;;/h1-3H2;2*1H;;/q-2;;;2*+2/p-2. The molecule has 0 atom stereocenters. The summed E-state index contributed by atoms with van der Waals surface area (Å²) in [6.07, 6.45) is 0.750. The van der Waals surface area contributed by atoms with Crippen LogP contribution in [-0.2, 0) is 0 Å². The van der Waals surface area contributed by atoms with E-state index >= 15 is 0 Å². The first-order valence-corrected chi connectivity index (χ1v) is 1.000. The smallest absolute Gasteiger partial charge is 1.00 e. The molecular formula is C3H6Br2Mg2. The number of hydrogen-bond donors (Lipinski definition) is 0. The van der Waals surface area contributed by atoms with Crippen molar-refractivity contribution in [1.82, 2.24) is 0 Å². The maximum absolute atomic E-state index is 3.38. The van der Waals surface area contributed by atoms with Crippen molar-refractivity contribution in [2.75, 3.05) is 0 Å². The molecule has 0 fully saturated rings. The van der Waals surface area contributed by atoms with Gasteiger partial charge in [0, 0.05) is 0 Å². The Balaban J connectivity index is -0.00000000333. The summed E-state index contributed by atoms with van der Waals surface area (Å²) in [5.41, 5.74) is 0. The predicted octanol–water partition coefficient (Wildman–Crippen LogP) is -5.71. The first kappa shape index (κ1) is 33.9. The minimum absolute atomic E-state index is 0. The molecule has 4 heteroatoms. The van der Waals surface area contributed by atoms with E-state index < -0.39 is 0 Å². The van der Waals surface area contributed by atoms with Gasteiger partial charge in [-0.1, -0.05) is 0 Å². The number of hydrogen-bond acceptors (Lipinski definition) is 0. The van der Waals surface area contributed by atoms with Crippen LogP contribution < -0.4 is 34.0 Å². The van der Waals surface area contributed by atoms with Crippen LogP contribution in [0.5, 0.6) is 0 Å². The van der Waals surface area contributed by atoms with Crippen LogP contribution >= 0.6 is 0 Å². The SMILES string of the molecule is [Br-].[Br-].[CH2-]C[CH2-].[Mg+2].[Mg+2]. The Morgan fingerprint density at radius 1 is 0.857 bits per heavy atom. The van der Waals surface area contributed by atoms with E-state index in [0.29, 0.717) is 0 Å². The summed E-state index contributed by atoms with van der Waals surface area (Å²) in [6.45, 7) is 6.75. The van der Waals surface area contributed by atoms with Gasteiger partial charge >= 0.3 is 46.1 Å². The minimum atomic E-state index is 0. The average Bonchev–Trinajstić information content (AvgIpc) is 0.918. The second kappa shape index (κ2) is 39.1. The maximum atomic E-state index is 3.38. The molecule has 0 amide bonds. The molecule has 0 saturated carbocycles. The molecule has 0 bridgehead atoms. The van der Waals surface area contributed by atoms with Gasteiger partial charge in [-0.25, -0.2) is 0 Å². The van der Waals surface area contributed by atoms with Crippen molar-refractivity contribution in [3.8, 4) is 0 Å². The fourth-order valence-corrected chi connectivity index (χ4v) is 0. The Morgan fingerprint density at radius 2 is 0.857 bits per heavy atom. The molecule has 0 spiro atoms. The van der Waals surface area contributed by atoms with Gasteiger partial charge < -0.3 is 54.2 Å². The van der Waals surface area contributed by atoms with Gasteiger partial charge in [-0.15, -0.1) is 0 Å². The van der Waals surface area contributed by atoms with E-state index in [-0.39, 0.29) is 80.1 Å². The van der Waals surface area contributed by atoms with E-state index in [1.165, 1.54) is 0 Å². The van der Waals surface area contributed by atoms with Crippen LogP contribution in [0.25, 0.3) is 0 Å². The Kier molecular flexibility index (Phi) is 189. The van der Waals surface area contributed by atoms with Crippen LogP contribution in [0.2, 0.25) is 0 Å². The molecule has 0 aromatic rings. The predicted molar refractivity (Wildman–Crippen MR) is 26.8 cm³/mol. The summed E-state index contributed by atoms with van der Waals surface area (Å²) < 4.78 is 0.